The van der Waals surface area contributed by atoms with Gasteiger partial charge in [0.2, 0.25) is 6.33 Å². The topological polar surface area (TPSA) is 118 Å². The minimum atomic E-state index is -0.502. The van der Waals surface area contributed by atoms with E-state index >= 15 is 0 Å². The van der Waals surface area contributed by atoms with Crippen molar-refractivity contribution >= 4 is 5.69 Å². The van der Waals surface area contributed by atoms with Gasteiger partial charge in [0, 0.05) is 17.7 Å². The predicted octanol–water partition coefficient (Wildman–Crippen LogP) is 5.26. The minimum absolute atomic E-state index is 0.102. The van der Waals surface area contributed by atoms with E-state index < -0.39 is 4.92 Å². The zero-order chi connectivity index (χ0) is 28.3. The lowest BCUT2D eigenvalue weighted by Crippen LogP contribution is -2.32. The number of ether oxygens (including phenoxy) is 2. The molecule has 4 rings (SSSR count). The number of aromatic nitrogens is 2. The van der Waals surface area contributed by atoms with Crippen molar-refractivity contribution in [3.63, 3.8) is 0 Å². The average molecular weight is 537 g/mol. The van der Waals surface area contributed by atoms with E-state index in [2.05, 4.69) is 19.1 Å². The third-order valence-electron chi connectivity index (χ3n) is 6.42. The van der Waals surface area contributed by atoms with Crippen molar-refractivity contribution in [1.82, 2.24) is 4.57 Å². The number of nitro benzene ring substituents is 1. The van der Waals surface area contributed by atoms with Gasteiger partial charge >= 0.3 is 0 Å². The Balaban J connectivity index is 1.47. The molecule has 4 aromatic rings. The molecule has 0 saturated heterocycles. The minimum Gasteiger partial charge on any atom is -0.494 e. The van der Waals surface area contributed by atoms with Gasteiger partial charge in [0.05, 0.1) is 41.4 Å². The number of nitrogens with zero attached hydrogens (tertiary/aromatic N) is 5. The highest BCUT2D eigenvalue weighted by Crippen LogP contribution is 2.23. The van der Waals surface area contributed by atoms with E-state index in [0.717, 1.165) is 23.3 Å². The quantitative estimate of drug-likeness (QED) is 0.131. The summed E-state index contributed by atoms with van der Waals surface area (Å²) in [5.74, 6) is 0.817. The smallest absolute Gasteiger partial charge is 0.270 e. The maximum atomic E-state index is 11.1. The summed E-state index contributed by atoms with van der Waals surface area (Å²) in [5, 5.41) is 29.6. The second kappa shape index (κ2) is 13.7. The van der Waals surface area contributed by atoms with Crippen molar-refractivity contribution in [3.05, 3.63) is 123 Å². The molecule has 1 unspecified atom stereocenters. The van der Waals surface area contributed by atoms with Gasteiger partial charge in [0.25, 0.3) is 5.69 Å². The number of hydrogen-bond donors (Lipinski definition) is 0. The van der Waals surface area contributed by atoms with Crippen LogP contribution in [0.5, 0.6) is 5.75 Å². The van der Waals surface area contributed by atoms with Crippen molar-refractivity contribution in [2.45, 2.75) is 39.0 Å². The van der Waals surface area contributed by atoms with E-state index in [9.17, 15) is 15.4 Å². The third kappa shape index (κ3) is 7.53. The number of hydrogen-bond acceptors (Lipinski definition) is 6. The molecule has 0 radical (unpaired) electrons. The molecule has 0 amide bonds. The fraction of sp³-hybridized carbons (Fsp3) is 0.258. The van der Waals surface area contributed by atoms with Crippen LogP contribution >= 0.6 is 0 Å². The maximum Gasteiger partial charge on any atom is 0.270 e. The molecule has 0 saturated carbocycles. The van der Waals surface area contributed by atoms with E-state index in [1.54, 1.807) is 6.07 Å². The summed E-state index contributed by atoms with van der Waals surface area (Å²) in [7, 11) is 0. The fourth-order valence-electron chi connectivity index (χ4n) is 4.27. The third-order valence-corrected chi connectivity index (χ3v) is 6.42. The molecule has 0 bridgehead atoms. The molecular formula is C31H30N5O4+. The molecule has 0 N–H and O–H groups in total. The highest BCUT2D eigenvalue weighted by Gasteiger charge is 2.18. The van der Waals surface area contributed by atoms with Gasteiger partial charge < -0.3 is 9.47 Å². The van der Waals surface area contributed by atoms with Gasteiger partial charge in [-0.15, -0.1) is 0 Å². The maximum absolute atomic E-state index is 11.1. The summed E-state index contributed by atoms with van der Waals surface area (Å²) in [6.45, 7) is 4.19. The highest BCUT2D eigenvalue weighted by atomic mass is 16.6. The van der Waals surface area contributed by atoms with Crippen molar-refractivity contribution in [2.75, 3.05) is 13.2 Å². The molecule has 0 fully saturated rings. The molecule has 0 spiro atoms. The van der Waals surface area contributed by atoms with Gasteiger partial charge in [-0.05, 0) is 54.3 Å². The summed E-state index contributed by atoms with van der Waals surface area (Å²) in [6.07, 6.45) is 7.19. The molecule has 0 aliphatic heterocycles. The highest BCUT2D eigenvalue weighted by molar-refractivity contribution is 5.46. The lowest BCUT2D eigenvalue weighted by atomic mass is 10.1. The number of non-ortho nitro benzene ring substituents is 1. The van der Waals surface area contributed by atoms with Crippen LogP contribution in [0.4, 0.5) is 5.69 Å². The Kier molecular flexibility index (Phi) is 9.60. The summed E-state index contributed by atoms with van der Waals surface area (Å²) >= 11 is 0. The van der Waals surface area contributed by atoms with Crippen LogP contribution in [-0.2, 0) is 24.2 Å². The van der Waals surface area contributed by atoms with Crippen LogP contribution < -0.4 is 9.30 Å². The van der Waals surface area contributed by atoms with E-state index in [1.165, 1.54) is 12.1 Å². The molecule has 1 heterocycles. The first-order chi connectivity index (χ1) is 19.5. The predicted molar refractivity (Wildman–Crippen MR) is 147 cm³/mol. The summed E-state index contributed by atoms with van der Waals surface area (Å²) in [6, 6.07) is 24.0. The first-order valence-corrected chi connectivity index (χ1v) is 13.0. The largest absolute Gasteiger partial charge is 0.494 e. The van der Waals surface area contributed by atoms with Crippen LogP contribution in [0.2, 0.25) is 0 Å². The van der Waals surface area contributed by atoms with E-state index in [0.29, 0.717) is 43.9 Å². The van der Waals surface area contributed by atoms with E-state index in [1.807, 2.05) is 76.4 Å². The molecule has 9 nitrogen and oxygen atoms in total. The van der Waals surface area contributed by atoms with Crippen LogP contribution in [0, 0.1) is 32.8 Å². The van der Waals surface area contributed by atoms with Gasteiger partial charge in [-0.25, -0.2) is 9.13 Å². The van der Waals surface area contributed by atoms with Gasteiger partial charge in [-0.3, -0.25) is 10.1 Å². The first-order valence-electron chi connectivity index (χ1n) is 13.0. The SMILES string of the molecule is CCCOc1ccc(C(Cn2cc[n+](Cc3ccc([N+](=O)[O-])cc3C#N)c2)OCCc2ccc(C#N)cc2)cc1. The normalized spacial score (nSPS) is 11.4. The van der Waals surface area contributed by atoms with E-state index in [-0.39, 0.29) is 17.4 Å². The number of nitriles is 2. The van der Waals surface area contributed by atoms with Gasteiger partial charge in [-0.1, -0.05) is 31.2 Å². The summed E-state index contributed by atoms with van der Waals surface area (Å²) in [4.78, 5) is 10.6. The Labute approximate surface area is 233 Å². The Bertz CT molecular complexity index is 1520. The lowest BCUT2D eigenvalue weighted by molar-refractivity contribution is -0.687. The van der Waals surface area contributed by atoms with Gasteiger partial charge in [0.1, 0.15) is 37.3 Å². The lowest BCUT2D eigenvalue weighted by Gasteiger charge is -2.17. The fourth-order valence-corrected chi connectivity index (χ4v) is 4.27. The molecule has 1 atom stereocenters. The Morgan fingerprint density at radius 3 is 2.48 bits per heavy atom. The van der Waals surface area contributed by atoms with Crippen LogP contribution in [-0.4, -0.2) is 22.7 Å². The molecule has 9 heteroatoms. The number of imidazole rings is 1. The Morgan fingerprint density at radius 1 is 1.02 bits per heavy atom. The second-order valence-electron chi connectivity index (χ2n) is 9.33. The molecule has 1 aromatic heterocycles. The number of rotatable bonds is 13. The second-order valence-corrected chi connectivity index (χ2v) is 9.33. The molecule has 0 aliphatic carbocycles. The van der Waals surface area contributed by atoms with Crippen LogP contribution in [0.25, 0.3) is 0 Å². The molecule has 3 aromatic carbocycles. The number of benzene rings is 3. The summed E-state index contributed by atoms with van der Waals surface area (Å²) in [5.41, 5.74) is 3.62. The molecule has 40 heavy (non-hydrogen) atoms. The zero-order valence-electron chi connectivity index (χ0n) is 22.3. The molecule has 0 aliphatic rings. The Morgan fingerprint density at radius 2 is 1.80 bits per heavy atom. The number of nitro groups is 1. The van der Waals surface area contributed by atoms with Crippen molar-refractivity contribution in [1.29, 1.82) is 10.5 Å². The average Bonchev–Trinajstić information content (AvgIpc) is 3.43. The standard InChI is InChI=1S/C31H30N5O4/c1-2-16-39-30-11-8-26(9-12-30)31(40-17-13-24-3-5-25(19-32)6-4-24)22-35-15-14-34(23-35)21-27-7-10-29(36(37)38)18-28(27)20-33/h3-12,14-15,18,23,31H,2,13,16-17,21-22H2,1H3/q+1. The Hall–Kier alpha value is -4.99. The molecule has 202 valence electrons. The van der Waals surface area contributed by atoms with Gasteiger partial charge in [-0.2, -0.15) is 10.5 Å². The summed E-state index contributed by atoms with van der Waals surface area (Å²) < 4.78 is 16.1. The van der Waals surface area contributed by atoms with Crippen LogP contribution in [0.15, 0.2) is 85.5 Å². The van der Waals surface area contributed by atoms with Crippen LogP contribution in [0.1, 0.15) is 47.3 Å². The van der Waals surface area contributed by atoms with Crippen molar-refractivity contribution in [3.8, 4) is 17.9 Å². The van der Waals surface area contributed by atoms with Crippen molar-refractivity contribution < 1.29 is 19.0 Å². The monoisotopic (exact) mass is 536 g/mol. The van der Waals surface area contributed by atoms with E-state index in [4.69, 9.17) is 14.7 Å². The molecular weight excluding hydrogens is 506 g/mol. The zero-order valence-corrected chi connectivity index (χ0v) is 22.3. The van der Waals surface area contributed by atoms with Gasteiger partial charge in [0.15, 0.2) is 0 Å². The van der Waals surface area contributed by atoms with Crippen LogP contribution in [0.3, 0.4) is 0 Å². The first kappa shape index (κ1) is 28.0. The van der Waals surface area contributed by atoms with Crippen molar-refractivity contribution in [2.24, 2.45) is 0 Å².